The lowest BCUT2D eigenvalue weighted by atomic mass is 9.81. The van der Waals surface area contributed by atoms with Crippen LogP contribution < -0.4 is 14.8 Å². The maximum atomic E-state index is 13.8. The molecular formula is C25H26N2O5S. The number of ether oxygens (including phenoxy) is 3. The molecule has 0 saturated heterocycles. The summed E-state index contributed by atoms with van der Waals surface area (Å²) in [5, 5.41) is 4.98. The summed E-state index contributed by atoms with van der Waals surface area (Å²) < 4.78 is 16.0. The third-order valence-corrected chi connectivity index (χ3v) is 6.70. The largest absolute Gasteiger partial charge is 0.497 e. The minimum atomic E-state index is -0.610. The van der Waals surface area contributed by atoms with Crippen LogP contribution in [0.2, 0.25) is 0 Å². The first-order chi connectivity index (χ1) is 16.1. The van der Waals surface area contributed by atoms with Crippen LogP contribution in [0.1, 0.15) is 32.8 Å². The fourth-order valence-corrected chi connectivity index (χ4v) is 5.07. The molecule has 1 aliphatic heterocycles. The van der Waals surface area contributed by atoms with E-state index < -0.39 is 12.0 Å². The SMILES string of the molecule is COCCN1C(=O)c2ccccc2C(C(=O)Nc2ccc(OC)cc2OC)C1c1cccs1. The van der Waals surface area contributed by atoms with Gasteiger partial charge < -0.3 is 24.4 Å². The summed E-state index contributed by atoms with van der Waals surface area (Å²) in [6.07, 6.45) is 0. The lowest BCUT2D eigenvalue weighted by molar-refractivity contribution is -0.119. The Morgan fingerprint density at radius 3 is 2.58 bits per heavy atom. The molecule has 3 aromatic rings. The van der Waals surface area contributed by atoms with Crippen LogP contribution in [-0.4, -0.2) is 51.2 Å². The number of amides is 2. The second kappa shape index (κ2) is 10.1. The van der Waals surface area contributed by atoms with Gasteiger partial charge in [0, 0.05) is 30.2 Å². The predicted molar refractivity (Wildman–Crippen MR) is 127 cm³/mol. The molecule has 7 nitrogen and oxygen atoms in total. The Bertz CT molecular complexity index is 1130. The van der Waals surface area contributed by atoms with Gasteiger partial charge in [-0.3, -0.25) is 9.59 Å². The summed E-state index contributed by atoms with van der Waals surface area (Å²) in [5.41, 5.74) is 1.77. The maximum Gasteiger partial charge on any atom is 0.254 e. The third-order valence-electron chi connectivity index (χ3n) is 5.76. The van der Waals surface area contributed by atoms with E-state index in [2.05, 4.69) is 5.32 Å². The summed E-state index contributed by atoms with van der Waals surface area (Å²) in [5.74, 6) is 0.181. The molecule has 0 bridgehead atoms. The number of fused-ring (bicyclic) bond motifs is 1. The van der Waals surface area contributed by atoms with Crippen molar-refractivity contribution < 1.29 is 23.8 Å². The van der Waals surface area contributed by atoms with Crippen LogP contribution in [0.25, 0.3) is 0 Å². The van der Waals surface area contributed by atoms with E-state index in [4.69, 9.17) is 14.2 Å². The quantitative estimate of drug-likeness (QED) is 0.535. The van der Waals surface area contributed by atoms with Crippen molar-refractivity contribution in [1.29, 1.82) is 0 Å². The van der Waals surface area contributed by atoms with Gasteiger partial charge in [-0.1, -0.05) is 24.3 Å². The minimum absolute atomic E-state index is 0.105. The molecule has 2 unspecified atom stereocenters. The number of methoxy groups -OCH3 is 3. The molecule has 2 aromatic carbocycles. The maximum absolute atomic E-state index is 13.8. The van der Waals surface area contributed by atoms with Crippen LogP contribution in [0.5, 0.6) is 11.5 Å². The Balaban J connectivity index is 1.78. The van der Waals surface area contributed by atoms with Crippen LogP contribution in [-0.2, 0) is 9.53 Å². The number of benzene rings is 2. The number of carbonyl (C=O) groups excluding carboxylic acids is 2. The molecule has 0 aliphatic carbocycles. The zero-order valence-corrected chi connectivity index (χ0v) is 19.6. The van der Waals surface area contributed by atoms with E-state index in [-0.39, 0.29) is 11.8 Å². The summed E-state index contributed by atoms with van der Waals surface area (Å²) in [6, 6.07) is 16.0. The molecule has 2 heterocycles. The molecule has 1 aliphatic rings. The van der Waals surface area contributed by atoms with Crippen LogP contribution in [0.3, 0.4) is 0 Å². The zero-order chi connectivity index (χ0) is 23.4. The molecule has 4 rings (SSSR count). The van der Waals surface area contributed by atoms with Crippen molar-refractivity contribution in [1.82, 2.24) is 4.90 Å². The Hall–Kier alpha value is -3.36. The molecule has 33 heavy (non-hydrogen) atoms. The van der Waals surface area contributed by atoms with Crippen LogP contribution in [0.15, 0.2) is 60.0 Å². The number of thiophene rings is 1. The van der Waals surface area contributed by atoms with Crippen molar-refractivity contribution in [2.45, 2.75) is 12.0 Å². The van der Waals surface area contributed by atoms with Crippen LogP contribution in [0, 0.1) is 0 Å². The van der Waals surface area contributed by atoms with E-state index in [1.54, 1.807) is 50.5 Å². The van der Waals surface area contributed by atoms with E-state index >= 15 is 0 Å². The van der Waals surface area contributed by atoms with Gasteiger partial charge in [0.1, 0.15) is 11.5 Å². The van der Waals surface area contributed by atoms with Gasteiger partial charge in [-0.25, -0.2) is 0 Å². The molecular weight excluding hydrogens is 440 g/mol. The second-order valence-electron chi connectivity index (χ2n) is 7.57. The normalized spacial score (nSPS) is 17.4. The van der Waals surface area contributed by atoms with E-state index in [0.717, 1.165) is 4.88 Å². The van der Waals surface area contributed by atoms with Gasteiger partial charge in [-0.05, 0) is 35.2 Å². The van der Waals surface area contributed by atoms with Gasteiger partial charge in [0.05, 0.1) is 38.5 Å². The highest BCUT2D eigenvalue weighted by Crippen LogP contribution is 2.45. The van der Waals surface area contributed by atoms with Gasteiger partial charge in [0.15, 0.2) is 0 Å². The highest BCUT2D eigenvalue weighted by Gasteiger charge is 2.44. The fraction of sp³-hybridized carbons (Fsp3) is 0.280. The van der Waals surface area contributed by atoms with Gasteiger partial charge in [0.2, 0.25) is 5.91 Å². The van der Waals surface area contributed by atoms with Crippen molar-refractivity contribution in [3.8, 4) is 11.5 Å². The van der Waals surface area contributed by atoms with Gasteiger partial charge in [0.25, 0.3) is 5.91 Å². The van der Waals surface area contributed by atoms with Crippen molar-refractivity contribution in [3.05, 3.63) is 76.0 Å². The molecule has 2 amide bonds. The number of carbonyl (C=O) groups is 2. The smallest absolute Gasteiger partial charge is 0.254 e. The molecule has 0 saturated carbocycles. The molecule has 0 spiro atoms. The molecule has 8 heteroatoms. The highest BCUT2D eigenvalue weighted by molar-refractivity contribution is 7.10. The molecule has 172 valence electrons. The monoisotopic (exact) mass is 466 g/mol. The van der Waals surface area contributed by atoms with Crippen molar-refractivity contribution in [2.75, 3.05) is 39.8 Å². The summed E-state index contributed by atoms with van der Waals surface area (Å²) in [6.45, 7) is 0.748. The number of rotatable bonds is 8. The number of nitrogens with zero attached hydrogens (tertiary/aromatic N) is 1. The van der Waals surface area contributed by atoms with E-state index in [9.17, 15) is 9.59 Å². The summed E-state index contributed by atoms with van der Waals surface area (Å²) >= 11 is 1.53. The summed E-state index contributed by atoms with van der Waals surface area (Å²) in [4.78, 5) is 29.9. The van der Waals surface area contributed by atoms with Gasteiger partial charge in [-0.2, -0.15) is 0 Å². The zero-order valence-electron chi connectivity index (χ0n) is 18.7. The van der Waals surface area contributed by atoms with E-state index in [0.29, 0.717) is 41.5 Å². The third kappa shape index (κ3) is 4.44. The Labute approximate surface area is 196 Å². The van der Waals surface area contributed by atoms with Crippen LogP contribution >= 0.6 is 11.3 Å². The van der Waals surface area contributed by atoms with Crippen molar-refractivity contribution in [3.63, 3.8) is 0 Å². The summed E-state index contributed by atoms with van der Waals surface area (Å²) in [7, 11) is 4.71. The topological polar surface area (TPSA) is 77.1 Å². The number of hydrogen-bond acceptors (Lipinski definition) is 6. The van der Waals surface area contributed by atoms with Crippen molar-refractivity contribution >= 4 is 28.8 Å². The molecule has 1 N–H and O–H groups in total. The minimum Gasteiger partial charge on any atom is -0.497 e. The number of nitrogens with one attached hydrogen (secondary N) is 1. The van der Waals surface area contributed by atoms with E-state index in [1.807, 2.05) is 35.7 Å². The van der Waals surface area contributed by atoms with E-state index in [1.165, 1.54) is 11.3 Å². The van der Waals surface area contributed by atoms with Gasteiger partial charge in [-0.15, -0.1) is 11.3 Å². The number of anilines is 1. The fourth-order valence-electron chi connectivity index (χ4n) is 4.20. The molecule has 0 fully saturated rings. The number of hydrogen-bond donors (Lipinski definition) is 1. The first kappa shape index (κ1) is 22.8. The lowest BCUT2D eigenvalue weighted by Crippen LogP contribution is -2.47. The Morgan fingerprint density at radius 1 is 1.06 bits per heavy atom. The first-order valence-electron chi connectivity index (χ1n) is 10.5. The Kier molecular flexibility index (Phi) is 6.96. The highest BCUT2D eigenvalue weighted by atomic mass is 32.1. The second-order valence-corrected chi connectivity index (χ2v) is 8.55. The van der Waals surface area contributed by atoms with Crippen molar-refractivity contribution in [2.24, 2.45) is 0 Å². The standard InChI is InChI=1S/C25H26N2O5S/c1-30-13-12-27-23(21-9-6-14-33-21)22(17-7-4-5-8-18(17)25(27)29)24(28)26-19-11-10-16(31-2)15-20(19)32-3/h4-11,14-15,22-23H,12-13H2,1-3H3,(H,26,28). The average molecular weight is 467 g/mol. The van der Waals surface area contributed by atoms with Gasteiger partial charge >= 0.3 is 0 Å². The molecule has 0 radical (unpaired) electrons. The first-order valence-corrected chi connectivity index (χ1v) is 11.4. The molecule has 1 aromatic heterocycles. The van der Waals surface area contributed by atoms with Crippen LogP contribution in [0.4, 0.5) is 5.69 Å². The molecule has 2 atom stereocenters. The average Bonchev–Trinajstić information content (AvgIpc) is 3.38. The Morgan fingerprint density at radius 2 is 1.88 bits per heavy atom. The predicted octanol–water partition coefficient (Wildman–Crippen LogP) is 4.33. The lowest BCUT2D eigenvalue weighted by Gasteiger charge is -2.41.